The van der Waals surface area contributed by atoms with E-state index in [9.17, 15) is 0 Å². The van der Waals surface area contributed by atoms with Gasteiger partial charge in [0.1, 0.15) is 0 Å². The van der Waals surface area contributed by atoms with Gasteiger partial charge < -0.3 is 5.73 Å². The first-order valence-corrected chi connectivity index (χ1v) is 4.30. The summed E-state index contributed by atoms with van der Waals surface area (Å²) in [6, 6.07) is 0.229. The highest BCUT2D eigenvalue weighted by molar-refractivity contribution is 6.20. The Labute approximate surface area is 68.9 Å². The first-order valence-electron chi connectivity index (χ1n) is 3.86. The van der Waals surface area contributed by atoms with Crippen molar-refractivity contribution in [2.75, 3.05) is 0 Å². The minimum Gasteiger partial charge on any atom is -0.327 e. The molecule has 0 aromatic carbocycles. The molecule has 0 aromatic rings. The molecule has 0 saturated heterocycles. The molecule has 2 heteroatoms. The van der Waals surface area contributed by atoms with Crippen LogP contribution in [0.15, 0.2) is 0 Å². The fraction of sp³-hybridized carbons (Fsp3) is 1.00. The lowest BCUT2D eigenvalue weighted by Crippen LogP contribution is -2.37. The highest BCUT2D eigenvalue weighted by Crippen LogP contribution is 2.17. The van der Waals surface area contributed by atoms with Gasteiger partial charge in [-0.25, -0.2) is 0 Å². The van der Waals surface area contributed by atoms with Crippen molar-refractivity contribution in [2.24, 2.45) is 17.6 Å². The van der Waals surface area contributed by atoms with Crippen molar-refractivity contribution >= 4 is 11.6 Å². The second kappa shape index (κ2) is 4.20. The second-order valence-corrected chi connectivity index (χ2v) is 4.05. The number of hydrogen-bond acceptors (Lipinski definition) is 1. The monoisotopic (exact) mass is 163 g/mol. The molecule has 0 aromatic heterocycles. The van der Waals surface area contributed by atoms with Crippen molar-refractivity contribution < 1.29 is 0 Å². The maximum atomic E-state index is 5.89. The summed E-state index contributed by atoms with van der Waals surface area (Å²) in [4.78, 5) is 0. The number of halogens is 1. The molecule has 0 aliphatic heterocycles. The van der Waals surface area contributed by atoms with Gasteiger partial charge in [0, 0.05) is 11.4 Å². The summed E-state index contributed by atoms with van der Waals surface area (Å²) in [5.74, 6) is 0.929. The first kappa shape index (κ1) is 10.2. The van der Waals surface area contributed by atoms with Crippen LogP contribution in [0.1, 0.15) is 27.7 Å². The standard InChI is InChI=1S/C8H18ClN/c1-5(2)8(10)6(3)7(4)9/h5-8H,10H2,1-4H3. The lowest BCUT2D eigenvalue weighted by atomic mass is 9.91. The quantitative estimate of drug-likeness (QED) is 0.635. The minimum atomic E-state index is 0.178. The average molecular weight is 164 g/mol. The molecule has 0 saturated carbocycles. The van der Waals surface area contributed by atoms with Gasteiger partial charge in [-0.15, -0.1) is 11.6 Å². The molecule has 0 amide bonds. The summed E-state index contributed by atoms with van der Waals surface area (Å²) in [7, 11) is 0. The maximum absolute atomic E-state index is 5.89. The van der Waals surface area contributed by atoms with Crippen LogP contribution >= 0.6 is 11.6 Å². The maximum Gasteiger partial charge on any atom is 0.0348 e. The summed E-state index contributed by atoms with van der Waals surface area (Å²) in [5.41, 5.74) is 5.88. The van der Waals surface area contributed by atoms with Crippen LogP contribution in [-0.4, -0.2) is 11.4 Å². The van der Waals surface area contributed by atoms with E-state index in [1.165, 1.54) is 0 Å². The van der Waals surface area contributed by atoms with Gasteiger partial charge in [-0.05, 0) is 18.8 Å². The van der Waals surface area contributed by atoms with Crippen molar-refractivity contribution in [3.8, 4) is 0 Å². The molecular weight excluding hydrogens is 146 g/mol. The van der Waals surface area contributed by atoms with E-state index in [2.05, 4.69) is 20.8 Å². The molecule has 0 bridgehead atoms. The van der Waals surface area contributed by atoms with Crippen molar-refractivity contribution in [1.82, 2.24) is 0 Å². The van der Waals surface area contributed by atoms with Crippen LogP contribution in [0.2, 0.25) is 0 Å². The summed E-state index contributed by atoms with van der Waals surface area (Å²) in [5, 5.41) is 0.178. The van der Waals surface area contributed by atoms with Gasteiger partial charge in [0.25, 0.3) is 0 Å². The van der Waals surface area contributed by atoms with Crippen LogP contribution in [0, 0.1) is 11.8 Å². The molecule has 0 heterocycles. The average Bonchev–Trinajstić information content (AvgIpc) is 1.84. The van der Waals surface area contributed by atoms with Crippen LogP contribution in [0.3, 0.4) is 0 Å². The largest absolute Gasteiger partial charge is 0.327 e. The molecule has 0 spiro atoms. The van der Waals surface area contributed by atoms with E-state index in [1.807, 2.05) is 6.92 Å². The van der Waals surface area contributed by atoms with Gasteiger partial charge in [0.15, 0.2) is 0 Å². The predicted octanol–water partition coefficient (Wildman–Crippen LogP) is 2.23. The molecule has 10 heavy (non-hydrogen) atoms. The van der Waals surface area contributed by atoms with Gasteiger partial charge in [-0.2, -0.15) is 0 Å². The number of nitrogens with two attached hydrogens (primary N) is 1. The molecule has 0 aliphatic rings. The molecular formula is C8H18ClN. The Bertz CT molecular complexity index is 79.3. The Balaban J connectivity index is 3.81. The fourth-order valence-electron chi connectivity index (χ4n) is 0.913. The van der Waals surface area contributed by atoms with Gasteiger partial charge in [0.05, 0.1) is 0 Å². The summed E-state index contributed by atoms with van der Waals surface area (Å²) in [6.45, 7) is 8.34. The molecule has 1 nitrogen and oxygen atoms in total. The van der Waals surface area contributed by atoms with Crippen molar-refractivity contribution in [1.29, 1.82) is 0 Å². The lowest BCUT2D eigenvalue weighted by Gasteiger charge is -2.24. The smallest absolute Gasteiger partial charge is 0.0348 e. The Kier molecular flexibility index (Phi) is 4.30. The second-order valence-electron chi connectivity index (χ2n) is 3.36. The van der Waals surface area contributed by atoms with E-state index in [4.69, 9.17) is 17.3 Å². The third kappa shape index (κ3) is 2.89. The fourth-order valence-corrected chi connectivity index (χ4v) is 1.08. The van der Waals surface area contributed by atoms with E-state index >= 15 is 0 Å². The van der Waals surface area contributed by atoms with Crippen LogP contribution in [-0.2, 0) is 0 Å². The Morgan fingerprint density at radius 1 is 1.10 bits per heavy atom. The van der Waals surface area contributed by atoms with Crippen LogP contribution in [0.4, 0.5) is 0 Å². The Hall–Kier alpha value is 0.250. The van der Waals surface area contributed by atoms with Crippen LogP contribution in [0.25, 0.3) is 0 Å². The zero-order valence-corrected chi connectivity index (χ0v) is 8.02. The predicted molar refractivity (Wildman–Crippen MR) is 47.3 cm³/mol. The zero-order valence-electron chi connectivity index (χ0n) is 7.26. The topological polar surface area (TPSA) is 26.0 Å². The van der Waals surface area contributed by atoms with E-state index < -0.39 is 0 Å². The van der Waals surface area contributed by atoms with Crippen LogP contribution in [0.5, 0.6) is 0 Å². The number of rotatable bonds is 3. The first-order chi connectivity index (χ1) is 4.46. The summed E-state index contributed by atoms with van der Waals surface area (Å²) < 4.78 is 0. The highest BCUT2D eigenvalue weighted by atomic mass is 35.5. The van der Waals surface area contributed by atoms with E-state index in [-0.39, 0.29) is 11.4 Å². The van der Waals surface area contributed by atoms with Gasteiger partial charge in [-0.1, -0.05) is 20.8 Å². The minimum absolute atomic E-state index is 0.178. The van der Waals surface area contributed by atoms with Crippen LogP contribution < -0.4 is 5.73 Å². The van der Waals surface area contributed by atoms with E-state index in [0.717, 1.165) is 0 Å². The lowest BCUT2D eigenvalue weighted by molar-refractivity contribution is 0.359. The molecule has 3 atom stereocenters. The van der Waals surface area contributed by atoms with Crippen molar-refractivity contribution in [3.63, 3.8) is 0 Å². The Morgan fingerprint density at radius 2 is 1.50 bits per heavy atom. The van der Waals surface area contributed by atoms with Gasteiger partial charge in [-0.3, -0.25) is 0 Å². The highest BCUT2D eigenvalue weighted by Gasteiger charge is 2.19. The molecule has 2 N–H and O–H groups in total. The number of alkyl halides is 1. The summed E-state index contributed by atoms with van der Waals surface area (Å²) >= 11 is 5.89. The zero-order chi connectivity index (χ0) is 8.31. The third-order valence-corrected chi connectivity index (χ3v) is 2.50. The van der Waals surface area contributed by atoms with E-state index in [1.54, 1.807) is 0 Å². The Morgan fingerprint density at radius 3 is 1.60 bits per heavy atom. The van der Waals surface area contributed by atoms with Crippen molar-refractivity contribution in [2.45, 2.75) is 39.1 Å². The molecule has 0 fully saturated rings. The third-order valence-electron chi connectivity index (χ3n) is 2.10. The molecule has 0 aliphatic carbocycles. The van der Waals surface area contributed by atoms with E-state index in [0.29, 0.717) is 11.8 Å². The van der Waals surface area contributed by atoms with Gasteiger partial charge >= 0.3 is 0 Å². The SMILES string of the molecule is CC(C)C(N)C(C)C(C)Cl. The van der Waals surface area contributed by atoms with Gasteiger partial charge in [0.2, 0.25) is 0 Å². The molecule has 0 rings (SSSR count). The normalized spacial score (nSPS) is 20.7. The molecule has 3 unspecified atom stereocenters. The summed E-state index contributed by atoms with van der Waals surface area (Å²) in [6.07, 6.45) is 0. The van der Waals surface area contributed by atoms with Crippen molar-refractivity contribution in [3.05, 3.63) is 0 Å². The number of hydrogen-bond donors (Lipinski definition) is 1. The molecule has 62 valence electrons. The molecule has 0 radical (unpaired) electrons.